The van der Waals surface area contributed by atoms with E-state index >= 15 is 0 Å². The Morgan fingerprint density at radius 3 is 1.70 bits per heavy atom. The van der Waals surface area contributed by atoms with Crippen molar-refractivity contribution in [2.24, 2.45) is 11.3 Å². The van der Waals surface area contributed by atoms with E-state index in [2.05, 4.69) is 0 Å². The van der Waals surface area contributed by atoms with Gasteiger partial charge >= 0.3 is 0 Å². The van der Waals surface area contributed by atoms with Crippen LogP contribution in [0, 0.1) is 11.3 Å². The Balaban J connectivity index is 1.67. The van der Waals surface area contributed by atoms with Crippen molar-refractivity contribution in [2.75, 3.05) is 0 Å². The molecule has 27 heavy (non-hydrogen) atoms. The lowest BCUT2D eigenvalue weighted by Gasteiger charge is -2.06. The molecule has 130 valence electrons. The predicted molar refractivity (Wildman–Crippen MR) is 101 cm³/mol. The van der Waals surface area contributed by atoms with Gasteiger partial charge in [-0.3, -0.25) is 14.4 Å². The van der Waals surface area contributed by atoms with Gasteiger partial charge in [0.25, 0.3) is 0 Å². The van der Waals surface area contributed by atoms with Crippen LogP contribution in [0.5, 0.6) is 0 Å². The van der Waals surface area contributed by atoms with Crippen molar-refractivity contribution in [3.63, 3.8) is 0 Å². The largest absolute Gasteiger partial charge is 0.294 e. The molecule has 0 unspecified atom stereocenters. The van der Waals surface area contributed by atoms with E-state index in [9.17, 15) is 14.4 Å². The fraction of sp³-hybridized carbons (Fsp3) is 0.125. The summed E-state index contributed by atoms with van der Waals surface area (Å²) in [7, 11) is 0. The Morgan fingerprint density at radius 1 is 0.667 bits per heavy atom. The SMILES string of the molecule is O=C(c1ccccc1)[C@@H]1[C@@H](c2ccccc2)C12C(=O)c1ccccc1C2=O. The average molecular weight is 352 g/mol. The van der Waals surface area contributed by atoms with Gasteiger partial charge in [0.2, 0.25) is 0 Å². The minimum atomic E-state index is -1.29. The fourth-order valence-electron chi connectivity index (χ4n) is 4.64. The summed E-state index contributed by atoms with van der Waals surface area (Å²) < 4.78 is 0. The van der Waals surface area contributed by atoms with Gasteiger partial charge in [-0.1, -0.05) is 84.9 Å². The van der Waals surface area contributed by atoms with E-state index < -0.39 is 17.3 Å². The van der Waals surface area contributed by atoms with E-state index in [1.807, 2.05) is 36.4 Å². The van der Waals surface area contributed by atoms with Gasteiger partial charge in [-0.25, -0.2) is 0 Å². The lowest BCUT2D eigenvalue weighted by Crippen LogP contribution is -2.23. The summed E-state index contributed by atoms with van der Waals surface area (Å²) in [6.07, 6.45) is 0. The van der Waals surface area contributed by atoms with Crippen molar-refractivity contribution >= 4 is 17.3 Å². The number of carbonyl (C=O) groups excluding carboxylic acids is 3. The minimum absolute atomic E-state index is 0.140. The normalized spacial score (nSPS) is 21.9. The van der Waals surface area contributed by atoms with E-state index in [-0.39, 0.29) is 17.3 Å². The molecular formula is C24H16O3. The molecule has 1 saturated carbocycles. The summed E-state index contributed by atoms with van der Waals surface area (Å²) >= 11 is 0. The van der Waals surface area contributed by atoms with Gasteiger partial charge in [-0.15, -0.1) is 0 Å². The van der Waals surface area contributed by atoms with Crippen LogP contribution in [0.2, 0.25) is 0 Å². The van der Waals surface area contributed by atoms with Crippen LogP contribution in [0.25, 0.3) is 0 Å². The van der Waals surface area contributed by atoms with Crippen LogP contribution >= 0.6 is 0 Å². The number of rotatable bonds is 3. The van der Waals surface area contributed by atoms with E-state index in [4.69, 9.17) is 0 Å². The summed E-state index contributed by atoms with van der Waals surface area (Å²) in [4.78, 5) is 40.0. The van der Waals surface area contributed by atoms with Crippen molar-refractivity contribution in [1.82, 2.24) is 0 Å². The summed E-state index contributed by atoms with van der Waals surface area (Å²) in [5, 5.41) is 0. The molecule has 3 heteroatoms. The van der Waals surface area contributed by atoms with Crippen molar-refractivity contribution < 1.29 is 14.4 Å². The number of fused-ring (bicyclic) bond motifs is 1. The second-order valence-corrected chi connectivity index (χ2v) is 7.17. The highest BCUT2D eigenvalue weighted by Crippen LogP contribution is 2.70. The van der Waals surface area contributed by atoms with E-state index in [0.29, 0.717) is 16.7 Å². The zero-order valence-electron chi connectivity index (χ0n) is 14.5. The highest BCUT2D eigenvalue weighted by Gasteiger charge is 2.78. The number of benzene rings is 3. The molecule has 1 spiro atoms. The van der Waals surface area contributed by atoms with Crippen LogP contribution in [-0.2, 0) is 0 Å². The standard InChI is InChI=1S/C24H16O3/c25-21(16-11-5-2-6-12-16)20-19(15-9-3-1-4-10-15)24(20)22(26)17-13-7-8-14-18(17)23(24)27/h1-14,19-20H/t19-,20+/m1/s1. The van der Waals surface area contributed by atoms with Gasteiger partial charge < -0.3 is 0 Å². The van der Waals surface area contributed by atoms with Gasteiger partial charge in [0.15, 0.2) is 17.3 Å². The van der Waals surface area contributed by atoms with Crippen LogP contribution in [0.15, 0.2) is 84.9 Å². The van der Waals surface area contributed by atoms with Crippen LogP contribution in [0.1, 0.15) is 42.6 Å². The van der Waals surface area contributed by atoms with Crippen molar-refractivity contribution in [2.45, 2.75) is 5.92 Å². The second kappa shape index (κ2) is 5.58. The molecule has 3 aromatic carbocycles. The number of hydrogen-bond donors (Lipinski definition) is 0. The molecule has 1 fully saturated rings. The predicted octanol–water partition coefficient (Wildman–Crippen LogP) is 4.35. The number of ketones is 3. The van der Waals surface area contributed by atoms with Crippen LogP contribution in [-0.4, -0.2) is 17.3 Å². The Labute approximate surface area is 156 Å². The van der Waals surface area contributed by atoms with Crippen molar-refractivity contribution in [3.05, 3.63) is 107 Å². The van der Waals surface area contributed by atoms with Gasteiger partial charge in [-0.2, -0.15) is 0 Å². The number of carbonyl (C=O) groups is 3. The van der Waals surface area contributed by atoms with Crippen LogP contribution < -0.4 is 0 Å². The molecule has 0 heterocycles. The summed E-state index contributed by atoms with van der Waals surface area (Å²) in [5.74, 6) is -1.65. The van der Waals surface area contributed by atoms with Gasteiger partial charge in [0.1, 0.15) is 5.41 Å². The molecule has 2 aliphatic rings. The minimum Gasteiger partial charge on any atom is -0.294 e. The molecule has 0 bridgehead atoms. The zero-order valence-corrected chi connectivity index (χ0v) is 14.5. The van der Waals surface area contributed by atoms with Crippen molar-refractivity contribution in [3.8, 4) is 0 Å². The summed E-state index contributed by atoms with van der Waals surface area (Å²) in [5.41, 5.74) is 0.981. The Hall–Kier alpha value is -3.33. The van der Waals surface area contributed by atoms with E-state index in [0.717, 1.165) is 5.56 Å². The van der Waals surface area contributed by atoms with Gasteiger partial charge in [-0.05, 0) is 5.56 Å². The molecule has 2 aliphatic carbocycles. The summed E-state index contributed by atoms with van der Waals surface area (Å²) in [6, 6.07) is 25.3. The second-order valence-electron chi connectivity index (χ2n) is 7.17. The summed E-state index contributed by atoms with van der Waals surface area (Å²) in [6.45, 7) is 0. The Morgan fingerprint density at radius 2 is 1.15 bits per heavy atom. The third kappa shape index (κ3) is 2.00. The smallest absolute Gasteiger partial charge is 0.178 e. The maximum Gasteiger partial charge on any atom is 0.178 e. The van der Waals surface area contributed by atoms with E-state index in [1.54, 1.807) is 48.5 Å². The van der Waals surface area contributed by atoms with Gasteiger partial charge in [0.05, 0.1) is 5.92 Å². The first-order valence-corrected chi connectivity index (χ1v) is 9.00. The zero-order chi connectivity index (χ0) is 18.6. The topological polar surface area (TPSA) is 51.2 Å². The maximum absolute atomic E-state index is 13.3. The number of Topliss-reactive ketones (excluding diaryl/α,β-unsaturated/α-hetero) is 3. The lowest BCUT2D eigenvalue weighted by atomic mass is 9.91. The quantitative estimate of drug-likeness (QED) is 0.520. The molecular weight excluding hydrogens is 336 g/mol. The van der Waals surface area contributed by atoms with Crippen molar-refractivity contribution in [1.29, 1.82) is 0 Å². The first kappa shape index (κ1) is 15.9. The molecule has 3 nitrogen and oxygen atoms in total. The molecule has 2 atom stereocenters. The molecule has 0 amide bonds. The highest BCUT2D eigenvalue weighted by molar-refractivity contribution is 6.35. The fourth-order valence-corrected chi connectivity index (χ4v) is 4.64. The highest BCUT2D eigenvalue weighted by atomic mass is 16.2. The third-order valence-corrected chi connectivity index (χ3v) is 5.87. The first-order chi connectivity index (χ1) is 13.2. The van der Waals surface area contributed by atoms with Gasteiger partial charge in [0, 0.05) is 22.6 Å². The Kier molecular flexibility index (Phi) is 3.28. The first-order valence-electron chi connectivity index (χ1n) is 9.00. The molecule has 3 aromatic rings. The maximum atomic E-state index is 13.3. The monoisotopic (exact) mass is 352 g/mol. The molecule has 0 N–H and O–H groups in total. The average Bonchev–Trinajstić information content (AvgIpc) is 3.39. The van der Waals surface area contributed by atoms with E-state index in [1.165, 1.54) is 0 Å². The molecule has 0 saturated heterocycles. The lowest BCUT2D eigenvalue weighted by molar-refractivity contribution is 0.0764. The molecule has 0 radical (unpaired) electrons. The molecule has 5 rings (SSSR count). The number of hydrogen-bond acceptors (Lipinski definition) is 3. The van der Waals surface area contributed by atoms with Crippen LogP contribution in [0.3, 0.4) is 0 Å². The molecule has 0 aromatic heterocycles. The van der Waals surface area contributed by atoms with Crippen LogP contribution in [0.4, 0.5) is 0 Å². The molecule has 0 aliphatic heterocycles. The Bertz CT molecular complexity index is 1050. The third-order valence-electron chi connectivity index (χ3n) is 5.87.